The van der Waals surface area contributed by atoms with E-state index in [1.807, 2.05) is 37.3 Å². The first kappa shape index (κ1) is 23.2. The van der Waals surface area contributed by atoms with Gasteiger partial charge in [-0.15, -0.1) is 0 Å². The first-order valence-electron chi connectivity index (χ1n) is 10.7. The topological polar surface area (TPSA) is 75.4 Å². The zero-order chi connectivity index (χ0) is 23.1. The highest BCUT2D eigenvalue weighted by atomic mass is 19.1. The lowest BCUT2D eigenvalue weighted by Crippen LogP contribution is -2.44. The number of halogens is 1. The highest BCUT2D eigenvalue weighted by molar-refractivity contribution is 5.93. The molecule has 0 spiro atoms. The highest BCUT2D eigenvalue weighted by Crippen LogP contribution is 2.24. The Morgan fingerprint density at radius 1 is 1.12 bits per heavy atom. The van der Waals surface area contributed by atoms with Crippen molar-refractivity contribution in [2.24, 2.45) is 5.92 Å². The lowest BCUT2D eigenvalue weighted by Gasteiger charge is -2.33. The molecule has 32 heavy (non-hydrogen) atoms. The van der Waals surface area contributed by atoms with Gasteiger partial charge in [-0.25, -0.2) is 4.39 Å². The highest BCUT2D eigenvalue weighted by Gasteiger charge is 2.28. The smallest absolute Gasteiger partial charge is 0.276 e. The molecule has 2 aromatic carbocycles. The molecule has 0 aliphatic carbocycles. The van der Waals surface area contributed by atoms with Crippen molar-refractivity contribution in [3.63, 3.8) is 0 Å². The summed E-state index contributed by atoms with van der Waals surface area (Å²) < 4.78 is 18.6. The van der Waals surface area contributed by atoms with Crippen LogP contribution in [0.15, 0.2) is 65.2 Å². The van der Waals surface area contributed by atoms with E-state index in [2.05, 4.69) is 24.3 Å². The van der Waals surface area contributed by atoms with Gasteiger partial charge >= 0.3 is 0 Å². The summed E-state index contributed by atoms with van der Waals surface area (Å²) in [5.41, 5.74) is 1.70. The van der Waals surface area contributed by atoms with Gasteiger partial charge in [0, 0.05) is 24.2 Å². The Morgan fingerprint density at radius 2 is 1.81 bits per heavy atom. The van der Waals surface area contributed by atoms with E-state index in [0.29, 0.717) is 23.7 Å². The molecule has 1 heterocycles. The van der Waals surface area contributed by atoms with Gasteiger partial charge < -0.3 is 14.7 Å². The number of carbonyl (C=O) groups is 2. The predicted molar refractivity (Wildman–Crippen MR) is 120 cm³/mol. The largest absolute Gasteiger partial charge is 0.355 e. The molecule has 3 rings (SSSR count). The Bertz CT molecular complexity index is 1020. The van der Waals surface area contributed by atoms with Crippen molar-refractivity contribution in [3.05, 3.63) is 77.7 Å². The van der Waals surface area contributed by atoms with Crippen LogP contribution < -0.4 is 5.32 Å². The van der Waals surface area contributed by atoms with Gasteiger partial charge in [0.1, 0.15) is 5.82 Å². The van der Waals surface area contributed by atoms with E-state index in [4.69, 9.17) is 4.52 Å². The quantitative estimate of drug-likeness (QED) is 0.460. The third-order valence-electron chi connectivity index (χ3n) is 5.31. The molecular formula is C25H28FN3O3. The van der Waals surface area contributed by atoms with Gasteiger partial charge in [0.2, 0.25) is 6.41 Å². The van der Waals surface area contributed by atoms with Gasteiger partial charge in [-0.2, -0.15) is 0 Å². The van der Waals surface area contributed by atoms with E-state index in [0.717, 1.165) is 12.0 Å². The first-order valence-corrected chi connectivity index (χ1v) is 10.7. The molecule has 0 aliphatic rings. The first-order chi connectivity index (χ1) is 15.4. The number of hydrogen-bond donors (Lipinski definition) is 1. The van der Waals surface area contributed by atoms with E-state index in [1.165, 1.54) is 12.1 Å². The minimum atomic E-state index is -0.365. The van der Waals surface area contributed by atoms with Crippen molar-refractivity contribution in [2.75, 3.05) is 6.54 Å². The van der Waals surface area contributed by atoms with Crippen LogP contribution in [0.25, 0.3) is 11.3 Å². The van der Waals surface area contributed by atoms with E-state index in [9.17, 15) is 14.0 Å². The normalized spacial score (nSPS) is 12.9. The molecule has 1 aromatic heterocycles. The van der Waals surface area contributed by atoms with Gasteiger partial charge in [-0.3, -0.25) is 9.59 Å². The minimum Gasteiger partial charge on any atom is -0.355 e. The third-order valence-corrected chi connectivity index (χ3v) is 5.31. The molecule has 7 heteroatoms. The van der Waals surface area contributed by atoms with E-state index >= 15 is 0 Å². The minimum absolute atomic E-state index is 0.0897. The maximum Gasteiger partial charge on any atom is 0.276 e. The lowest BCUT2D eigenvalue weighted by atomic mass is 10.0. The molecule has 2 unspecified atom stereocenters. The average Bonchev–Trinajstić information content (AvgIpc) is 3.27. The molecule has 0 aliphatic heterocycles. The summed E-state index contributed by atoms with van der Waals surface area (Å²) in [6.45, 7) is 6.47. The van der Waals surface area contributed by atoms with Crippen LogP contribution in [-0.4, -0.2) is 35.0 Å². The maximum atomic E-state index is 13.5. The predicted octanol–water partition coefficient (Wildman–Crippen LogP) is 4.84. The average molecular weight is 438 g/mol. The molecule has 168 valence electrons. The second kappa shape index (κ2) is 10.7. The van der Waals surface area contributed by atoms with E-state index in [1.54, 1.807) is 23.1 Å². The summed E-state index contributed by atoms with van der Waals surface area (Å²) in [6.07, 6.45) is 1.44. The molecule has 0 saturated carbocycles. The maximum absolute atomic E-state index is 13.5. The monoisotopic (exact) mass is 437 g/mol. The second-order valence-corrected chi connectivity index (χ2v) is 8.27. The number of hydrogen-bond acceptors (Lipinski definition) is 4. The molecule has 6 nitrogen and oxygen atoms in total. The lowest BCUT2D eigenvalue weighted by molar-refractivity contribution is -0.110. The molecule has 2 amide bonds. The molecule has 0 fully saturated rings. The summed E-state index contributed by atoms with van der Waals surface area (Å²) in [5, 5.41) is 6.80. The van der Waals surface area contributed by atoms with Crippen molar-refractivity contribution < 1.29 is 18.5 Å². The van der Waals surface area contributed by atoms with Crippen molar-refractivity contribution in [1.29, 1.82) is 0 Å². The van der Waals surface area contributed by atoms with Crippen LogP contribution in [-0.2, 0) is 4.79 Å². The second-order valence-electron chi connectivity index (χ2n) is 8.27. The van der Waals surface area contributed by atoms with E-state index in [-0.39, 0.29) is 36.0 Å². The fourth-order valence-corrected chi connectivity index (χ4v) is 3.76. The fraction of sp³-hybridized carbons (Fsp3) is 0.320. The van der Waals surface area contributed by atoms with Crippen LogP contribution in [0.3, 0.4) is 0 Å². The van der Waals surface area contributed by atoms with Crippen LogP contribution in [0, 0.1) is 11.7 Å². The standard InChI is InChI=1S/C25H28FN3O3/c1-17(2)13-18(3)29(15-23(27-16-30)19-7-5-4-6-8-19)25(31)22-14-24(32-28-22)20-9-11-21(26)12-10-20/h4-12,14,16-18,23H,13,15H2,1-3H3,(H,27,30). The number of nitrogens with zero attached hydrogens (tertiary/aromatic N) is 2. The van der Waals surface area contributed by atoms with Crippen LogP contribution in [0.1, 0.15) is 49.3 Å². The summed E-state index contributed by atoms with van der Waals surface area (Å²) in [5.74, 6) is 0.119. The van der Waals surface area contributed by atoms with Crippen LogP contribution in [0.5, 0.6) is 0 Å². The van der Waals surface area contributed by atoms with Crippen molar-refractivity contribution in [3.8, 4) is 11.3 Å². The molecular weight excluding hydrogens is 409 g/mol. The van der Waals surface area contributed by atoms with Gasteiger partial charge in [0.05, 0.1) is 6.04 Å². The SMILES string of the molecule is CC(C)CC(C)N(CC(NC=O)c1ccccc1)C(=O)c1cc(-c2ccc(F)cc2)on1. The molecule has 3 aromatic rings. The Labute approximate surface area is 187 Å². The van der Waals surface area contributed by atoms with Crippen molar-refractivity contribution in [1.82, 2.24) is 15.4 Å². The van der Waals surface area contributed by atoms with Crippen molar-refractivity contribution in [2.45, 2.75) is 39.3 Å². The zero-order valence-electron chi connectivity index (χ0n) is 18.5. The molecule has 1 N–H and O–H groups in total. The van der Waals surface area contributed by atoms with Gasteiger partial charge in [-0.05, 0) is 49.1 Å². The van der Waals surface area contributed by atoms with Gasteiger partial charge in [-0.1, -0.05) is 49.3 Å². The molecule has 2 atom stereocenters. The number of benzene rings is 2. The summed E-state index contributed by atoms with van der Waals surface area (Å²) in [6, 6.07) is 16.4. The van der Waals surface area contributed by atoms with Crippen LogP contribution in [0.2, 0.25) is 0 Å². The zero-order valence-corrected chi connectivity index (χ0v) is 18.5. The number of aromatic nitrogens is 1. The van der Waals surface area contributed by atoms with Crippen LogP contribution >= 0.6 is 0 Å². The molecule has 0 bridgehead atoms. The fourth-order valence-electron chi connectivity index (χ4n) is 3.76. The Balaban J connectivity index is 1.88. The number of amides is 2. The number of nitrogens with one attached hydrogen (secondary N) is 1. The van der Waals surface area contributed by atoms with Crippen LogP contribution in [0.4, 0.5) is 4.39 Å². The summed E-state index contributed by atoms with van der Waals surface area (Å²) in [4.78, 5) is 26.5. The Kier molecular flexibility index (Phi) is 7.76. The Morgan fingerprint density at radius 3 is 2.44 bits per heavy atom. The van der Waals surface area contributed by atoms with Gasteiger partial charge in [0.25, 0.3) is 5.91 Å². The van der Waals surface area contributed by atoms with Crippen molar-refractivity contribution >= 4 is 12.3 Å². The number of rotatable bonds is 10. The van der Waals surface area contributed by atoms with E-state index < -0.39 is 0 Å². The summed E-state index contributed by atoms with van der Waals surface area (Å²) >= 11 is 0. The number of carbonyl (C=O) groups excluding carboxylic acids is 2. The molecule has 0 radical (unpaired) electrons. The summed E-state index contributed by atoms with van der Waals surface area (Å²) in [7, 11) is 0. The molecule has 0 saturated heterocycles. The van der Waals surface area contributed by atoms with Gasteiger partial charge in [0.15, 0.2) is 11.5 Å². The Hall–Kier alpha value is -3.48. The third kappa shape index (κ3) is 5.81.